The lowest BCUT2D eigenvalue weighted by Crippen LogP contribution is -2.43. The third-order valence-corrected chi connectivity index (χ3v) is 3.83. The molecule has 1 unspecified atom stereocenters. The number of hydrogen-bond donors (Lipinski definition) is 1. The second-order valence-electron chi connectivity index (χ2n) is 4.69. The zero-order chi connectivity index (χ0) is 14.9. The van der Waals surface area contributed by atoms with Crippen molar-refractivity contribution >= 4 is 33.2 Å². The monoisotopic (exact) mass is 345 g/mol. The van der Waals surface area contributed by atoms with Gasteiger partial charge in [0.15, 0.2) is 0 Å². The number of piperidine rings is 1. The molecule has 1 aromatic rings. The van der Waals surface area contributed by atoms with Gasteiger partial charge in [0.05, 0.1) is 9.40 Å². The molecule has 2 rings (SSSR count). The molecule has 0 spiro atoms. The quantitative estimate of drug-likeness (QED) is 0.674. The number of nitro groups is 1. The van der Waals surface area contributed by atoms with Crippen molar-refractivity contribution in [3.63, 3.8) is 0 Å². The molecule has 8 heteroatoms. The standard InChI is InChI=1S/C12H13BrFN3O3/c1-16-6-7(2-3-12(16)18)15-10-5-9(14)8(13)4-11(10)17(19)20/h4-5,7,15H,2-3,6H2,1H3. The SMILES string of the molecule is CN1CC(Nc2cc(F)c(Br)cc2[N+](=O)[O-])CCC1=O. The average Bonchev–Trinajstić information content (AvgIpc) is 2.37. The lowest BCUT2D eigenvalue weighted by molar-refractivity contribution is -0.384. The molecule has 1 atom stereocenters. The molecule has 0 radical (unpaired) electrons. The Morgan fingerprint density at radius 3 is 2.85 bits per heavy atom. The van der Waals surface area contributed by atoms with Crippen LogP contribution in [0.4, 0.5) is 15.8 Å². The molecular formula is C12H13BrFN3O3. The normalized spacial score (nSPS) is 19.1. The van der Waals surface area contributed by atoms with Crippen LogP contribution in [0.2, 0.25) is 0 Å². The minimum absolute atomic E-state index is 0.0412. The Labute approximate surface area is 123 Å². The predicted molar refractivity (Wildman–Crippen MR) is 75.0 cm³/mol. The van der Waals surface area contributed by atoms with Crippen molar-refractivity contribution < 1.29 is 14.1 Å². The number of likely N-dealkylation sites (N-methyl/N-ethyl adjacent to an activating group) is 1. The topological polar surface area (TPSA) is 75.5 Å². The molecule has 108 valence electrons. The summed E-state index contributed by atoms with van der Waals surface area (Å²) in [5, 5.41) is 14.0. The maximum Gasteiger partial charge on any atom is 0.293 e. The van der Waals surface area contributed by atoms with E-state index in [-0.39, 0.29) is 27.8 Å². The largest absolute Gasteiger partial charge is 0.375 e. The number of carbonyl (C=O) groups is 1. The van der Waals surface area contributed by atoms with Gasteiger partial charge in [0.1, 0.15) is 11.5 Å². The molecule has 1 amide bonds. The Morgan fingerprint density at radius 2 is 2.25 bits per heavy atom. The summed E-state index contributed by atoms with van der Waals surface area (Å²) in [6, 6.07) is 2.10. The van der Waals surface area contributed by atoms with Crippen LogP contribution in [-0.4, -0.2) is 35.4 Å². The van der Waals surface area contributed by atoms with E-state index in [0.29, 0.717) is 19.4 Å². The molecule has 1 aliphatic rings. The van der Waals surface area contributed by atoms with E-state index in [1.165, 1.54) is 0 Å². The molecular weight excluding hydrogens is 333 g/mol. The molecule has 1 saturated heterocycles. The zero-order valence-corrected chi connectivity index (χ0v) is 12.3. The number of benzene rings is 1. The summed E-state index contributed by atoms with van der Waals surface area (Å²) in [6.45, 7) is 0.438. The smallest absolute Gasteiger partial charge is 0.293 e. The van der Waals surface area contributed by atoms with Gasteiger partial charge in [-0.25, -0.2) is 4.39 Å². The molecule has 1 aromatic carbocycles. The van der Waals surface area contributed by atoms with Crippen LogP contribution in [-0.2, 0) is 4.79 Å². The fourth-order valence-electron chi connectivity index (χ4n) is 2.15. The number of amides is 1. The van der Waals surface area contributed by atoms with E-state index in [9.17, 15) is 19.3 Å². The number of halogens is 2. The molecule has 0 saturated carbocycles. The fraction of sp³-hybridized carbons (Fsp3) is 0.417. The van der Waals surface area contributed by atoms with Gasteiger partial charge < -0.3 is 10.2 Å². The van der Waals surface area contributed by atoms with E-state index in [4.69, 9.17) is 0 Å². The van der Waals surface area contributed by atoms with Crippen molar-refractivity contribution in [2.45, 2.75) is 18.9 Å². The van der Waals surface area contributed by atoms with Crippen molar-refractivity contribution in [3.8, 4) is 0 Å². The Kier molecular flexibility index (Phi) is 4.22. The van der Waals surface area contributed by atoms with E-state index in [0.717, 1.165) is 12.1 Å². The highest BCUT2D eigenvalue weighted by atomic mass is 79.9. The summed E-state index contributed by atoms with van der Waals surface area (Å²) >= 11 is 2.93. The molecule has 1 N–H and O–H groups in total. The van der Waals surface area contributed by atoms with Crippen molar-refractivity contribution in [3.05, 3.63) is 32.5 Å². The number of nitrogens with one attached hydrogen (secondary N) is 1. The number of rotatable bonds is 3. The molecule has 0 aromatic heterocycles. The van der Waals surface area contributed by atoms with Crippen molar-refractivity contribution in [2.24, 2.45) is 0 Å². The first kappa shape index (κ1) is 14.7. The maximum absolute atomic E-state index is 13.5. The highest BCUT2D eigenvalue weighted by molar-refractivity contribution is 9.10. The average molecular weight is 346 g/mol. The summed E-state index contributed by atoms with van der Waals surface area (Å²) in [6.07, 6.45) is 0.943. The summed E-state index contributed by atoms with van der Waals surface area (Å²) in [5.41, 5.74) is -0.0683. The van der Waals surface area contributed by atoms with Crippen LogP contribution in [0.3, 0.4) is 0 Å². The third kappa shape index (κ3) is 3.06. The third-order valence-electron chi connectivity index (χ3n) is 3.22. The molecule has 0 aliphatic carbocycles. The minimum atomic E-state index is -0.571. The van der Waals surface area contributed by atoms with Crippen molar-refractivity contribution in [2.75, 3.05) is 18.9 Å². The summed E-state index contributed by atoms with van der Waals surface area (Å²) in [5.74, 6) is -0.530. The van der Waals surface area contributed by atoms with E-state index < -0.39 is 10.7 Å². The first-order chi connectivity index (χ1) is 9.38. The fourth-order valence-corrected chi connectivity index (χ4v) is 2.48. The number of nitro benzene ring substituents is 1. The molecule has 1 heterocycles. The second kappa shape index (κ2) is 5.74. The molecule has 6 nitrogen and oxygen atoms in total. The van der Waals surface area contributed by atoms with E-state index in [1.807, 2.05) is 0 Å². The number of anilines is 1. The van der Waals surface area contributed by atoms with E-state index >= 15 is 0 Å². The second-order valence-corrected chi connectivity index (χ2v) is 5.55. The van der Waals surface area contributed by atoms with Gasteiger partial charge in [0.2, 0.25) is 5.91 Å². The van der Waals surface area contributed by atoms with Crippen LogP contribution in [0.25, 0.3) is 0 Å². The van der Waals surface area contributed by atoms with Gasteiger partial charge in [-0.3, -0.25) is 14.9 Å². The van der Waals surface area contributed by atoms with Gasteiger partial charge in [-0.05, 0) is 22.4 Å². The number of nitrogens with zero attached hydrogens (tertiary/aromatic N) is 2. The van der Waals surface area contributed by atoms with Crippen LogP contribution >= 0.6 is 15.9 Å². The Balaban J connectivity index is 2.22. The van der Waals surface area contributed by atoms with Crippen LogP contribution in [0.5, 0.6) is 0 Å². The molecule has 20 heavy (non-hydrogen) atoms. The summed E-state index contributed by atoms with van der Waals surface area (Å²) in [7, 11) is 1.67. The van der Waals surface area contributed by atoms with Crippen LogP contribution in [0, 0.1) is 15.9 Å². The molecule has 1 fully saturated rings. The van der Waals surface area contributed by atoms with Gasteiger partial charge in [0.25, 0.3) is 5.69 Å². The summed E-state index contributed by atoms with van der Waals surface area (Å²) < 4.78 is 13.6. The van der Waals surface area contributed by atoms with Crippen LogP contribution < -0.4 is 5.32 Å². The minimum Gasteiger partial charge on any atom is -0.375 e. The first-order valence-corrected chi connectivity index (χ1v) is 6.81. The van der Waals surface area contributed by atoms with Gasteiger partial charge >= 0.3 is 0 Å². The van der Waals surface area contributed by atoms with Crippen LogP contribution in [0.15, 0.2) is 16.6 Å². The van der Waals surface area contributed by atoms with Crippen LogP contribution in [0.1, 0.15) is 12.8 Å². The number of carbonyl (C=O) groups excluding carboxylic acids is 1. The van der Waals surface area contributed by atoms with E-state index in [1.54, 1.807) is 11.9 Å². The zero-order valence-electron chi connectivity index (χ0n) is 10.7. The molecule has 0 bridgehead atoms. The van der Waals surface area contributed by atoms with E-state index in [2.05, 4.69) is 21.2 Å². The van der Waals surface area contributed by atoms with Crippen molar-refractivity contribution in [1.82, 2.24) is 4.90 Å². The van der Waals surface area contributed by atoms with Crippen molar-refractivity contribution in [1.29, 1.82) is 0 Å². The van der Waals surface area contributed by atoms with Gasteiger partial charge in [-0.15, -0.1) is 0 Å². The number of likely N-dealkylation sites (tertiary alicyclic amines) is 1. The Bertz CT molecular complexity index is 567. The van der Waals surface area contributed by atoms with Gasteiger partial charge in [0, 0.05) is 38.2 Å². The first-order valence-electron chi connectivity index (χ1n) is 6.02. The lowest BCUT2D eigenvalue weighted by Gasteiger charge is -2.30. The lowest BCUT2D eigenvalue weighted by atomic mass is 10.1. The highest BCUT2D eigenvalue weighted by Gasteiger charge is 2.25. The maximum atomic E-state index is 13.5. The Hall–Kier alpha value is -1.70. The predicted octanol–water partition coefficient (Wildman–Crippen LogP) is 2.53. The Morgan fingerprint density at radius 1 is 1.55 bits per heavy atom. The number of hydrogen-bond acceptors (Lipinski definition) is 4. The highest BCUT2D eigenvalue weighted by Crippen LogP contribution is 2.31. The summed E-state index contributed by atoms with van der Waals surface area (Å²) in [4.78, 5) is 23.4. The van der Waals surface area contributed by atoms with Gasteiger partial charge in [-0.1, -0.05) is 0 Å². The van der Waals surface area contributed by atoms with Gasteiger partial charge in [-0.2, -0.15) is 0 Å². The molecule has 1 aliphatic heterocycles.